The summed E-state index contributed by atoms with van der Waals surface area (Å²) < 4.78 is 7.75. The Kier molecular flexibility index (Phi) is 4.29. The first-order valence-electron chi connectivity index (χ1n) is 7.87. The standard InChI is InChI=1S/C18H22N2O2/c1-3-22-18-7-5-4-6-16(18)20-12-14(11-19-15-8-9-15)17(21)10-13(20)2/h4-7,10,12,15,19H,3,8-9,11H2,1-2H3. The molecule has 2 aromatic rings. The van der Waals surface area contributed by atoms with Crippen LogP contribution in [0.25, 0.3) is 5.69 Å². The number of nitrogens with zero attached hydrogens (tertiary/aromatic N) is 1. The van der Waals surface area contributed by atoms with Gasteiger partial charge in [0.15, 0.2) is 5.43 Å². The van der Waals surface area contributed by atoms with E-state index in [1.807, 2.05) is 48.9 Å². The molecule has 22 heavy (non-hydrogen) atoms. The van der Waals surface area contributed by atoms with Crippen molar-refractivity contribution in [1.29, 1.82) is 0 Å². The van der Waals surface area contributed by atoms with Crippen LogP contribution in [-0.4, -0.2) is 17.2 Å². The van der Waals surface area contributed by atoms with E-state index in [0.29, 0.717) is 19.2 Å². The van der Waals surface area contributed by atoms with Crippen LogP contribution in [0.2, 0.25) is 0 Å². The van der Waals surface area contributed by atoms with Gasteiger partial charge in [0, 0.05) is 36.1 Å². The summed E-state index contributed by atoms with van der Waals surface area (Å²) in [4.78, 5) is 12.2. The molecule has 0 amide bonds. The van der Waals surface area contributed by atoms with Gasteiger partial charge in [-0.2, -0.15) is 0 Å². The van der Waals surface area contributed by atoms with Gasteiger partial charge in [0.1, 0.15) is 5.75 Å². The SMILES string of the molecule is CCOc1ccccc1-n1cc(CNC2CC2)c(=O)cc1C. The van der Waals surface area contributed by atoms with Crippen LogP contribution in [0.5, 0.6) is 5.75 Å². The van der Waals surface area contributed by atoms with Crippen molar-refractivity contribution in [2.75, 3.05) is 6.61 Å². The van der Waals surface area contributed by atoms with E-state index in [1.54, 1.807) is 6.07 Å². The lowest BCUT2D eigenvalue weighted by atomic mass is 10.2. The van der Waals surface area contributed by atoms with Gasteiger partial charge in [0.05, 0.1) is 12.3 Å². The normalized spacial score (nSPS) is 14.1. The number of aryl methyl sites for hydroxylation is 1. The summed E-state index contributed by atoms with van der Waals surface area (Å²) in [5.41, 5.74) is 2.77. The second kappa shape index (κ2) is 6.36. The van der Waals surface area contributed by atoms with Gasteiger partial charge in [0.25, 0.3) is 0 Å². The van der Waals surface area contributed by atoms with Crippen LogP contribution in [-0.2, 0) is 6.54 Å². The van der Waals surface area contributed by atoms with Crippen LogP contribution in [0.3, 0.4) is 0 Å². The molecule has 1 aromatic heterocycles. The number of aromatic nitrogens is 1. The molecule has 0 spiro atoms. The third-order valence-corrected chi connectivity index (χ3v) is 3.90. The third-order valence-electron chi connectivity index (χ3n) is 3.90. The Bertz CT molecular complexity index is 717. The van der Waals surface area contributed by atoms with Gasteiger partial charge in [-0.15, -0.1) is 0 Å². The lowest BCUT2D eigenvalue weighted by molar-refractivity contribution is 0.339. The molecule has 0 unspecified atom stereocenters. The van der Waals surface area contributed by atoms with E-state index >= 15 is 0 Å². The number of pyridine rings is 1. The number of rotatable bonds is 6. The monoisotopic (exact) mass is 298 g/mol. The zero-order valence-electron chi connectivity index (χ0n) is 13.1. The van der Waals surface area contributed by atoms with Crippen LogP contribution < -0.4 is 15.5 Å². The van der Waals surface area contributed by atoms with Crippen molar-refractivity contribution >= 4 is 0 Å². The fourth-order valence-corrected chi connectivity index (χ4v) is 2.54. The van der Waals surface area contributed by atoms with Crippen molar-refractivity contribution in [3.8, 4) is 11.4 Å². The average molecular weight is 298 g/mol. The van der Waals surface area contributed by atoms with Gasteiger partial charge in [-0.1, -0.05) is 12.1 Å². The highest BCUT2D eigenvalue weighted by molar-refractivity contribution is 5.48. The molecule has 0 atom stereocenters. The Morgan fingerprint density at radius 1 is 1.32 bits per heavy atom. The minimum Gasteiger partial charge on any atom is -0.492 e. The summed E-state index contributed by atoms with van der Waals surface area (Å²) >= 11 is 0. The van der Waals surface area contributed by atoms with E-state index in [0.717, 1.165) is 22.7 Å². The minimum absolute atomic E-state index is 0.0933. The topological polar surface area (TPSA) is 43.3 Å². The largest absolute Gasteiger partial charge is 0.492 e. The average Bonchev–Trinajstić information content (AvgIpc) is 3.32. The number of nitrogens with one attached hydrogen (secondary N) is 1. The first-order chi connectivity index (χ1) is 10.7. The fourth-order valence-electron chi connectivity index (χ4n) is 2.54. The summed E-state index contributed by atoms with van der Waals surface area (Å²) in [6.07, 6.45) is 4.37. The van der Waals surface area contributed by atoms with Crippen molar-refractivity contribution in [2.24, 2.45) is 0 Å². The molecule has 116 valence electrons. The number of hydrogen-bond donors (Lipinski definition) is 1. The Hall–Kier alpha value is -2.07. The van der Waals surface area contributed by atoms with Crippen LogP contribution in [0, 0.1) is 6.92 Å². The van der Waals surface area contributed by atoms with Gasteiger partial charge in [-0.25, -0.2) is 0 Å². The van der Waals surface area contributed by atoms with Gasteiger partial charge in [-0.3, -0.25) is 4.79 Å². The molecule has 1 fully saturated rings. The zero-order chi connectivity index (χ0) is 15.5. The molecule has 4 nitrogen and oxygen atoms in total. The molecule has 1 aromatic carbocycles. The van der Waals surface area contributed by atoms with E-state index in [2.05, 4.69) is 5.32 Å². The van der Waals surface area contributed by atoms with E-state index in [1.165, 1.54) is 12.8 Å². The molecule has 3 rings (SSSR count). The summed E-state index contributed by atoms with van der Waals surface area (Å²) in [6, 6.07) is 10.2. The highest BCUT2D eigenvalue weighted by Crippen LogP contribution is 2.24. The minimum atomic E-state index is 0.0933. The quantitative estimate of drug-likeness (QED) is 0.892. The van der Waals surface area contributed by atoms with Crippen LogP contribution in [0.15, 0.2) is 41.3 Å². The molecule has 0 saturated heterocycles. The summed E-state index contributed by atoms with van der Waals surface area (Å²) in [5, 5.41) is 3.41. The van der Waals surface area contributed by atoms with E-state index in [4.69, 9.17) is 4.74 Å². The highest BCUT2D eigenvalue weighted by atomic mass is 16.5. The van der Waals surface area contributed by atoms with E-state index in [9.17, 15) is 4.79 Å². The third kappa shape index (κ3) is 3.22. The van der Waals surface area contributed by atoms with Gasteiger partial charge in [0.2, 0.25) is 0 Å². The molecule has 1 aliphatic carbocycles. The second-order valence-electron chi connectivity index (χ2n) is 5.73. The van der Waals surface area contributed by atoms with Crippen molar-refractivity contribution in [1.82, 2.24) is 9.88 Å². The molecular formula is C18H22N2O2. The van der Waals surface area contributed by atoms with Crippen molar-refractivity contribution < 1.29 is 4.74 Å². The maximum absolute atomic E-state index is 12.2. The fraction of sp³-hybridized carbons (Fsp3) is 0.389. The molecule has 1 heterocycles. The van der Waals surface area contributed by atoms with Crippen LogP contribution in [0.4, 0.5) is 0 Å². The summed E-state index contributed by atoms with van der Waals surface area (Å²) in [5.74, 6) is 0.831. The van der Waals surface area contributed by atoms with Crippen LogP contribution >= 0.6 is 0 Å². The predicted octanol–water partition coefficient (Wildman–Crippen LogP) is 2.80. The second-order valence-corrected chi connectivity index (χ2v) is 5.73. The lowest BCUT2D eigenvalue weighted by Gasteiger charge is -2.16. The van der Waals surface area contributed by atoms with Crippen molar-refractivity contribution in [3.63, 3.8) is 0 Å². The molecule has 1 saturated carbocycles. The van der Waals surface area contributed by atoms with Gasteiger partial charge in [-0.05, 0) is 38.8 Å². The molecule has 0 radical (unpaired) electrons. The zero-order valence-corrected chi connectivity index (χ0v) is 13.1. The Labute approximate surface area is 130 Å². The number of benzene rings is 1. The molecule has 1 aliphatic rings. The number of para-hydroxylation sites is 2. The Morgan fingerprint density at radius 3 is 2.82 bits per heavy atom. The van der Waals surface area contributed by atoms with Crippen molar-refractivity contribution in [3.05, 3.63) is 58.0 Å². The predicted molar refractivity (Wildman–Crippen MR) is 87.8 cm³/mol. The lowest BCUT2D eigenvalue weighted by Crippen LogP contribution is -2.23. The molecular weight excluding hydrogens is 276 g/mol. The summed E-state index contributed by atoms with van der Waals surface area (Å²) in [6.45, 7) is 5.16. The first-order valence-corrected chi connectivity index (χ1v) is 7.87. The van der Waals surface area contributed by atoms with E-state index < -0.39 is 0 Å². The van der Waals surface area contributed by atoms with Gasteiger partial charge >= 0.3 is 0 Å². The summed E-state index contributed by atoms with van der Waals surface area (Å²) in [7, 11) is 0. The maximum Gasteiger partial charge on any atom is 0.186 e. The Morgan fingerprint density at radius 2 is 2.09 bits per heavy atom. The van der Waals surface area contributed by atoms with Gasteiger partial charge < -0.3 is 14.6 Å². The molecule has 4 heteroatoms. The first kappa shape index (κ1) is 14.9. The Balaban J connectivity index is 1.98. The van der Waals surface area contributed by atoms with Crippen LogP contribution in [0.1, 0.15) is 31.0 Å². The smallest absolute Gasteiger partial charge is 0.186 e. The molecule has 0 aliphatic heterocycles. The molecule has 0 bridgehead atoms. The highest BCUT2D eigenvalue weighted by Gasteiger charge is 2.20. The number of ether oxygens (including phenoxy) is 1. The number of hydrogen-bond acceptors (Lipinski definition) is 3. The van der Waals surface area contributed by atoms with E-state index in [-0.39, 0.29) is 5.43 Å². The molecule has 1 N–H and O–H groups in total. The van der Waals surface area contributed by atoms with Crippen molar-refractivity contribution in [2.45, 2.75) is 39.3 Å². The maximum atomic E-state index is 12.2.